The first-order valence-corrected chi connectivity index (χ1v) is 13.1. The second kappa shape index (κ2) is 11.1. The molecule has 1 aromatic heterocycles. The van der Waals surface area contributed by atoms with Crippen molar-refractivity contribution in [3.05, 3.63) is 71.0 Å². The minimum Gasteiger partial charge on any atom is -0.490 e. The molecule has 1 fully saturated rings. The Kier molecular flexibility index (Phi) is 7.64. The van der Waals surface area contributed by atoms with Gasteiger partial charge in [-0.05, 0) is 43.0 Å². The van der Waals surface area contributed by atoms with E-state index in [0.29, 0.717) is 22.8 Å². The van der Waals surface area contributed by atoms with Crippen LogP contribution >= 0.6 is 0 Å². The van der Waals surface area contributed by atoms with Gasteiger partial charge in [-0.1, -0.05) is 19.3 Å². The van der Waals surface area contributed by atoms with Crippen molar-refractivity contribution < 1.29 is 37.3 Å². The number of hydrogen-bond acceptors (Lipinski definition) is 7. The van der Waals surface area contributed by atoms with Crippen molar-refractivity contribution in [2.75, 3.05) is 31.5 Å². The number of anilines is 2. The Morgan fingerprint density at radius 3 is 2.23 bits per heavy atom. The lowest BCUT2D eigenvalue weighted by atomic mass is 9.72. The number of methoxy groups -OCH3 is 2. The first-order chi connectivity index (χ1) is 19.3. The summed E-state index contributed by atoms with van der Waals surface area (Å²) in [7, 11) is 2.94. The second-order valence-corrected chi connectivity index (χ2v) is 10.0. The van der Waals surface area contributed by atoms with Gasteiger partial charge in [0.2, 0.25) is 11.8 Å². The molecule has 212 valence electrons. The number of fused-ring (bicyclic) bond motifs is 1. The van der Waals surface area contributed by atoms with E-state index in [1.54, 1.807) is 12.1 Å². The number of carboxylic acids is 1. The van der Waals surface area contributed by atoms with Gasteiger partial charge in [0, 0.05) is 24.1 Å². The Bertz CT molecular complexity index is 1380. The lowest BCUT2D eigenvalue weighted by Gasteiger charge is -2.44. The summed E-state index contributed by atoms with van der Waals surface area (Å²) in [6, 6.07) is 9.08. The molecule has 3 aromatic rings. The van der Waals surface area contributed by atoms with Gasteiger partial charge in [0.05, 0.1) is 43.3 Å². The fourth-order valence-corrected chi connectivity index (χ4v) is 5.80. The zero-order valence-electron chi connectivity index (χ0n) is 22.1. The van der Waals surface area contributed by atoms with Gasteiger partial charge in [0.15, 0.2) is 23.2 Å². The third kappa shape index (κ3) is 5.07. The average molecular weight is 558 g/mol. The van der Waals surface area contributed by atoms with Crippen molar-refractivity contribution in [3.63, 3.8) is 0 Å². The number of carboxylic acid groups (broad SMARTS) is 1. The molecule has 0 radical (unpaired) electrons. The van der Waals surface area contributed by atoms with Gasteiger partial charge in [-0.25, -0.2) is 18.0 Å². The molecule has 1 atom stereocenters. The third-order valence-corrected chi connectivity index (χ3v) is 7.76. The highest BCUT2D eigenvalue weighted by Gasteiger charge is 2.51. The number of nitrogens with one attached hydrogen (secondary N) is 2. The van der Waals surface area contributed by atoms with Crippen LogP contribution in [0.4, 0.5) is 24.5 Å². The minimum atomic E-state index is -1.25. The number of aromatic carboxylic acids is 1. The average Bonchev–Trinajstić information content (AvgIpc) is 3.32. The fraction of sp³-hybridized carbons (Fsp3) is 0.379. The van der Waals surface area contributed by atoms with Crippen LogP contribution in [0.3, 0.4) is 0 Å². The standard InChI is InChI=1S/C29H30F3N3O5/c1-38-26-11-9-18(27(33-26)39-2)29(34-23-13-20(30)21(31)14-24(23)35-29)19(16-6-4-3-5-7-16)15-40-25-10-8-17(28(36)37)12-22(25)32/h8-14,16,19,34-35H,3-7,15H2,1-2H3,(H,36,37). The highest BCUT2D eigenvalue weighted by Crippen LogP contribution is 2.51. The summed E-state index contributed by atoms with van der Waals surface area (Å²) >= 11 is 0. The number of hydrogen-bond donors (Lipinski definition) is 3. The zero-order valence-corrected chi connectivity index (χ0v) is 22.1. The summed E-state index contributed by atoms with van der Waals surface area (Å²) in [6.07, 6.45) is 4.74. The van der Waals surface area contributed by atoms with Crippen LogP contribution in [0.2, 0.25) is 0 Å². The number of aromatic nitrogens is 1. The van der Waals surface area contributed by atoms with E-state index in [9.17, 15) is 23.1 Å². The maximum Gasteiger partial charge on any atom is 0.335 e. The summed E-state index contributed by atoms with van der Waals surface area (Å²) in [5, 5.41) is 16.0. The van der Waals surface area contributed by atoms with Crippen LogP contribution in [-0.2, 0) is 5.66 Å². The highest BCUT2D eigenvalue weighted by atomic mass is 19.2. The van der Waals surface area contributed by atoms with E-state index in [4.69, 9.17) is 14.2 Å². The highest BCUT2D eigenvalue weighted by molar-refractivity contribution is 5.87. The van der Waals surface area contributed by atoms with E-state index in [2.05, 4.69) is 15.6 Å². The molecule has 40 heavy (non-hydrogen) atoms. The molecular formula is C29H30F3N3O5. The van der Waals surface area contributed by atoms with E-state index in [1.807, 2.05) is 0 Å². The Morgan fingerprint density at radius 2 is 1.65 bits per heavy atom. The predicted octanol–water partition coefficient (Wildman–Crippen LogP) is 6.18. The van der Waals surface area contributed by atoms with Crippen LogP contribution in [0.25, 0.3) is 0 Å². The number of nitrogens with zero attached hydrogens (tertiary/aromatic N) is 1. The summed E-state index contributed by atoms with van der Waals surface area (Å²) in [6.45, 7) is -0.0118. The molecule has 1 unspecified atom stereocenters. The monoisotopic (exact) mass is 557 g/mol. The maximum atomic E-state index is 14.9. The number of pyridine rings is 1. The lowest BCUT2D eigenvalue weighted by Crippen LogP contribution is -2.52. The van der Waals surface area contributed by atoms with Crippen molar-refractivity contribution in [2.24, 2.45) is 11.8 Å². The molecule has 1 saturated carbocycles. The van der Waals surface area contributed by atoms with Gasteiger partial charge in [-0.15, -0.1) is 0 Å². The lowest BCUT2D eigenvalue weighted by molar-refractivity contribution is 0.0696. The largest absolute Gasteiger partial charge is 0.490 e. The Labute approximate surface area is 229 Å². The summed E-state index contributed by atoms with van der Waals surface area (Å²) in [4.78, 5) is 15.7. The van der Waals surface area contributed by atoms with E-state index in [-0.39, 0.29) is 29.7 Å². The molecule has 1 aliphatic heterocycles. The molecule has 0 saturated heterocycles. The summed E-state index contributed by atoms with van der Waals surface area (Å²) in [5.41, 5.74) is -0.178. The van der Waals surface area contributed by atoms with Crippen LogP contribution < -0.4 is 24.8 Å². The molecule has 5 rings (SSSR count). The molecule has 1 aliphatic carbocycles. The fourth-order valence-electron chi connectivity index (χ4n) is 5.80. The summed E-state index contributed by atoms with van der Waals surface area (Å²) in [5.74, 6) is -3.99. The van der Waals surface area contributed by atoms with Crippen LogP contribution in [0, 0.1) is 29.3 Å². The molecular weight excluding hydrogens is 527 g/mol. The van der Waals surface area contributed by atoms with E-state index < -0.39 is 35.0 Å². The quantitative estimate of drug-likeness (QED) is 0.287. The van der Waals surface area contributed by atoms with E-state index in [0.717, 1.165) is 50.3 Å². The molecule has 0 bridgehead atoms. The van der Waals surface area contributed by atoms with Crippen LogP contribution in [0.1, 0.15) is 48.0 Å². The first-order valence-electron chi connectivity index (χ1n) is 13.1. The van der Waals surface area contributed by atoms with Crippen molar-refractivity contribution in [1.29, 1.82) is 0 Å². The molecule has 8 nitrogen and oxygen atoms in total. The van der Waals surface area contributed by atoms with Crippen molar-refractivity contribution in [3.8, 4) is 17.5 Å². The van der Waals surface area contributed by atoms with Crippen LogP contribution in [-0.4, -0.2) is 36.9 Å². The van der Waals surface area contributed by atoms with Crippen LogP contribution in [0.15, 0.2) is 42.5 Å². The van der Waals surface area contributed by atoms with Gasteiger partial charge in [-0.2, -0.15) is 4.98 Å². The topological polar surface area (TPSA) is 102 Å². The Morgan fingerprint density at radius 1 is 0.975 bits per heavy atom. The Balaban J connectivity index is 1.61. The van der Waals surface area contributed by atoms with E-state index in [1.165, 1.54) is 26.4 Å². The molecule has 0 spiro atoms. The number of halogens is 3. The molecule has 2 aliphatic rings. The number of rotatable bonds is 9. The molecule has 3 N–H and O–H groups in total. The second-order valence-electron chi connectivity index (χ2n) is 10.0. The van der Waals surface area contributed by atoms with Crippen molar-refractivity contribution in [1.82, 2.24) is 4.98 Å². The Hall–Kier alpha value is -4.15. The van der Waals surface area contributed by atoms with E-state index >= 15 is 0 Å². The van der Waals surface area contributed by atoms with Gasteiger partial charge >= 0.3 is 5.97 Å². The normalized spacial score (nSPS) is 16.8. The van der Waals surface area contributed by atoms with Gasteiger partial charge < -0.3 is 30.0 Å². The summed E-state index contributed by atoms with van der Waals surface area (Å²) < 4.78 is 60.5. The van der Waals surface area contributed by atoms with Crippen molar-refractivity contribution >= 4 is 17.3 Å². The molecule has 0 amide bonds. The van der Waals surface area contributed by atoms with Gasteiger partial charge in [0.1, 0.15) is 5.66 Å². The number of ether oxygens (including phenoxy) is 3. The third-order valence-electron chi connectivity index (χ3n) is 7.76. The van der Waals surface area contributed by atoms with Crippen molar-refractivity contribution in [2.45, 2.75) is 37.8 Å². The van der Waals surface area contributed by atoms with Gasteiger partial charge in [0.25, 0.3) is 0 Å². The number of benzene rings is 2. The first kappa shape index (κ1) is 27.4. The minimum absolute atomic E-state index is 0.0118. The molecule has 2 heterocycles. The molecule has 2 aromatic carbocycles. The number of carbonyl (C=O) groups is 1. The zero-order chi connectivity index (χ0) is 28.4. The van der Waals surface area contributed by atoms with Gasteiger partial charge in [-0.3, -0.25) is 0 Å². The van der Waals surface area contributed by atoms with Crippen LogP contribution in [0.5, 0.6) is 17.5 Å². The molecule has 11 heteroatoms. The maximum absolute atomic E-state index is 14.9. The smallest absolute Gasteiger partial charge is 0.335 e. The predicted molar refractivity (Wildman–Crippen MR) is 142 cm³/mol. The SMILES string of the molecule is COc1ccc(C2(C(COc3ccc(C(=O)O)cc3F)C3CCCCC3)Nc3cc(F)c(F)cc3N2)c(OC)n1.